The summed E-state index contributed by atoms with van der Waals surface area (Å²) in [5.74, 6) is 2.35. The van der Waals surface area contributed by atoms with Crippen molar-refractivity contribution in [3.05, 3.63) is 39.9 Å². The summed E-state index contributed by atoms with van der Waals surface area (Å²) >= 11 is 1.95. The van der Waals surface area contributed by atoms with E-state index in [1.54, 1.807) is 12.1 Å². The lowest BCUT2D eigenvalue weighted by Gasteiger charge is -2.22. The van der Waals surface area contributed by atoms with Crippen LogP contribution in [-0.2, 0) is 6.54 Å². The van der Waals surface area contributed by atoms with Crippen LogP contribution in [0.25, 0.3) is 0 Å². The minimum Gasteiger partial charge on any atom is -0.309 e. The van der Waals surface area contributed by atoms with Crippen LogP contribution in [0.1, 0.15) is 18.4 Å². The zero-order chi connectivity index (χ0) is 12.1. The molecule has 92 valence electrons. The molecule has 1 heterocycles. The lowest BCUT2D eigenvalue weighted by atomic mass is 10.1. The van der Waals surface area contributed by atoms with Crippen molar-refractivity contribution in [1.29, 1.82) is 0 Å². The summed E-state index contributed by atoms with van der Waals surface area (Å²) in [6, 6.07) is 7.43. The van der Waals surface area contributed by atoms with Crippen molar-refractivity contribution in [1.82, 2.24) is 5.32 Å². The van der Waals surface area contributed by atoms with Crippen LogP contribution >= 0.6 is 11.8 Å². The predicted octanol–water partition coefficient (Wildman–Crippen LogP) is 2.58. The van der Waals surface area contributed by atoms with Crippen molar-refractivity contribution in [3.63, 3.8) is 0 Å². The molecule has 1 unspecified atom stereocenters. The van der Waals surface area contributed by atoms with Crippen LogP contribution in [0, 0.1) is 10.1 Å². The Balaban J connectivity index is 1.96. The molecule has 0 spiro atoms. The molecule has 1 N–H and O–H groups in total. The highest BCUT2D eigenvalue weighted by atomic mass is 32.2. The number of para-hydroxylation sites is 1. The molecule has 0 aromatic heterocycles. The highest BCUT2D eigenvalue weighted by Crippen LogP contribution is 2.20. The second-order valence-electron chi connectivity index (χ2n) is 4.18. The average Bonchev–Trinajstić information content (AvgIpc) is 2.38. The van der Waals surface area contributed by atoms with Crippen LogP contribution in [0.3, 0.4) is 0 Å². The number of nitro benzene ring substituents is 1. The first-order chi connectivity index (χ1) is 8.27. The molecule has 5 heteroatoms. The zero-order valence-corrected chi connectivity index (χ0v) is 10.4. The zero-order valence-electron chi connectivity index (χ0n) is 9.59. The molecule has 0 bridgehead atoms. The number of thioether (sulfide) groups is 1. The Morgan fingerprint density at radius 2 is 2.29 bits per heavy atom. The lowest BCUT2D eigenvalue weighted by Crippen LogP contribution is -2.33. The molecule has 1 aliphatic rings. The van der Waals surface area contributed by atoms with Crippen molar-refractivity contribution in [3.8, 4) is 0 Å². The Bertz CT molecular complexity index is 392. The Morgan fingerprint density at radius 3 is 3.00 bits per heavy atom. The molecule has 1 saturated heterocycles. The van der Waals surface area contributed by atoms with Crippen LogP contribution in [0.15, 0.2) is 24.3 Å². The maximum Gasteiger partial charge on any atom is 0.273 e. The first kappa shape index (κ1) is 12.4. The lowest BCUT2D eigenvalue weighted by molar-refractivity contribution is -0.385. The van der Waals surface area contributed by atoms with Gasteiger partial charge < -0.3 is 5.32 Å². The number of nitrogens with zero attached hydrogens (tertiary/aromatic N) is 1. The Morgan fingerprint density at radius 1 is 1.47 bits per heavy atom. The number of nitrogens with one attached hydrogen (secondary N) is 1. The van der Waals surface area contributed by atoms with Gasteiger partial charge in [0.15, 0.2) is 0 Å². The van der Waals surface area contributed by atoms with Crippen LogP contribution in [0.2, 0.25) is 0 Å². The highest BCUT2D eigenvalue weighted by molar-refractivity contribution is 7.99. The van der Waals surface area contributed by atoms with Crippen molar-refractivity contribution < 1.29 is 4.92 Å². The van der Waals surface area contributed by atoms with E-state index in [0.29, 0.717) is 12.6 Å². The van der Waals surface area contributed by atoms with E-state index >= 15 is 0 Å². The highest BCUT2D eigenvalue weighted by Gasteiger charge is 2.16. The van der Waals surface area contributed by atoms with Gasteiger partial charge in [-0.25, -0.2) is 0 Å². The van der Waals surface area contributed by atoms with Crippen LogP contribution < -0.4 is 5.32 Å². The Kier molecular flexibility index (Phi) is 4.39. The van der Waals surface area contributed by atoms with Crippen molar-refractivity contribution in [2.75, 3.05) is 11.5 Å². The third kappa shape index (κ3) is 3.44. The van der Waals surface area contributed by atoms with Gasteiger partial charge in [-0.05, 0) is 18.6 Å². The molecule has 0 amide bonds. The predicted molar refractivity (Wildman–Crippen MR) is 70.3 cm³/mol. The topological polar surface area (TPSA) is 55.2 Å². The van der Waals surface area contributed by atoms with Gasteiger partial charge >= 0.3 is 0 Å². The van der Waals surface area contributed by atoms with Gasteiger partial charge in [-0.3, -0.25) is 10.1 Å². The summed E-state index contributed by atoms with van der Waals surface area (Å²) < 4.78 is 0. The molecule has 0 radical (unpaired) electrons. The van der Waals surface area contributed by atoms with E-state index in [2.05, 4.69) is 5.32 Å². The fourth-order valence-corrected chi connectivity index (χ4v) is 3.10. The van der Waals surface area contributed by atoms with Crippen molar-refractivity contribution in [2.45, 2.75) is 25.4 Å². The Labute approximate surface area is 105 Å². The first-order valence-electron chi connectivity index (χ1n) is 5.81. The fraction of sp³-hybridized carbons (Fsp3) is 0.500. The second kappa shape index (κ2) is 6.02. The molecular weight excluding hydrogens is 236 g/mol. The maximum atomic E-state index is 10.8. The van der Waals surface area contributed by atoms with Gasteiger partial charge in [-0.2, -0.15) is 11.8 Å². The van der Waals surface area contributed by atoms with E-state index in [1.165, 1.54) is 18.6 Å². The monoisotopic (exact) mass is 252 g/mol. The van der Waals surface area contributed by atoms with Gasteiger partial charge in [0.2, 0.25) is 0 Å². The van der Waals surface area contributed by atoms with E-state index in [-0.39, 0.29) is 10.6 Å². The minimum absolute atomic E-state index is 0.212. The maximum absolute atomic E-state index is 10.8. The van der Waals surface area contributed by atoms with E-state index < -0.39 is 0 Å². The van der Waals surface area contributed by atoms with Crippen LogP contribution in [0.5, 0.6) is 0 Å². The van der Waals surface area contributed by atoms with E-state index in [0.717, 1.165) is 11.3 Å². The summed E-state index contributed by atoms with van der Waals surface area (Å²) in [5, 5.41) is 14.3. The molecule has 4 nitrogen and oxygen atoms in total. The van der Waals surface area contributed by atoms with E-state index in [9.17, 15) is 10.1 Å². The SMILES string of the molecule is O=[N+]([O-])c1ccccc1CNC1CCCSC1. The molecular formula is C12H16N2O2S. The second-order valence-corrected chi connectivity index (χ2v) is 5.33. The summed E-state index contributed by atoms with van der Waals surface area (Å²) in [4.78, 5) is 10.5. The number of benzene rings is 1. The van der Waals surface area contributed by atoms with Gasteiger partial charge in [0.05, 0.1) is 4.92 Å². The minimum atomic E-state index is -0.313. The summed E-state index contributed by atoms with van der Waals surface area (Å²) in [6.07, 6.45) is 2.41. The molecule has 17 heavy (non-hydrogen) atoms. The van der Waals surface area contributed by atoms with Crippen LogP contribution in [-0.4, -0.2) is 22.5 Å². The summed E-state index contributed by atoms with van der Waals surface area (Å²) in [7, 11) is 0. The smallest absolute Gasteiger partial charge is 0.273 e. The number of rotatable bonds is 4. The third-order valence-electron chi connectivity index (χ3n) is 2.93. The van der Waals surface area contributed by atoms with Crippen LogP contribution in [0.4, 0.5) is 5.69 Å². The largest absolute Gasteiger partial charge is 0.309 e. The molecule has 1 atom stereocenters. The molecule has 1 aromatic carbocycles. The Hall–Kier alpha value is -1.07. The van der Waals surface area contributed by atoms with Gasteiger partial charge in [0.1, 0.15) is 0 Å². The van der Waals surface area contributed by atoms with Gasteiger partial charge in [-0.1, -0.05) is 18.2 Å². The van der Waals surface area contributed by atoms with Gasteiger partial charge in [0.25, 0.3) is 5.69 Å². The fourth-order valence-electron chi connectivity index (χ4n) is 1.99. The standard InChI is InChI=1S/C12H16N2O2S/c15-14(16)12-6-2-1-4-10(12)8-13-11-5-3-7-17-9-11/h1-2,4,6,11,13H,3,5,7-9H2. The molecule has 0 aliphatic carbocycles. The quantitative estimate of drug-likeness (QED) is 0.661. The summed E-state index contributed by atoms with van der Waals surface area (Å²) in [5.41, 5.74) is 0.983. The molecule has 0 saturated carbocycles. The summed E-state index contributed by atoms with van der Waals surface area (Å²) in [6.45, 7) is 0.586. The molecule has 2 rings (SSSR count). The molecule has 1 aromatic rings. The number of nitro groups is 1. The number of hydrogen-bond donors (Lipinski definition) is 1. The van der Waals surface area contributed by atoms with Crippen molar-refractivity contribution >= 4 is 17.4 Å². The van der Waals surface area contributed by atoms with Crippen molar-refractivity contribution in [2.24, 2.45) is 0 Å². The van der Waals surface area contributed by atoms with E-state index in [1.807, 2.05) is 23.9 Å². The third-order valence-corrected chi connectivity index (χ3v) is 4.15. The average molecular weight is 252 g/mol. The normalized spacial score (nSPS) is 20.1. The van der Waals surface area contributed by atoms with Gasteiger partial charge in [-0.15, -0.1) is 0 Å². The first-order valence-corrected chi connectivity index (χ1v) is 6.96. The number of hydrogen-bond acceptors (Lipinski definition) is 4. The van der Waals surface area contributed by atoms with E-state index in [4.69, 9.17) is 0 Å². The molecule has 1 fully saturated rings. The van der Waals surface area contributed by atoms with Gasteiger partial charge in [0, 0.05) is 30.0 Å². The molecule has 1 aliphatic heterocycles.